The third-order valence-electron chi connectivity index (χ3n) is 2.83. The fourth-order valence-electron chi connectivity index (χ4n) is 1.78. The normalized spacial score (nSPS) is 25.0. The van der Waals surface area contributed by atoms with E-state index in [1.54, 1.807) is 7.11 Å². The molecule has 0 aromatic rings. The number of hydrogen-bond donors (Lipinski definition) is 3. The van der Waals surface area contributed by atoms with Gasteiger partial charge in [0.15, 0.2) is 0 Å². The van der Waals surface area contributed by atoms with Gasteiger partial charge in [-0.3, -0.25) is 5.43 Å². The van der Waals surface area contributed by atoms with Crippen molar-refractivity contribution in [2.24, 2.45) is 10.8 Å². The molecule has 0 aromatic carbocycles. The minimum atomic E-state index is -0.129. The van der Waals surface area contributed by atoms with E-state index in [-0.39, 0.29) is 5.60 Å². The Morgan fingerprint density at radius 2 is 2.41 bits per heavy atom. The Morgan fingerprint density at radius 1 is 1.59 bits per heavy atom. The summed E-state index contributed by atoms with van der Waals surface area (Å²) in [5, 5.41) is 3.12. The van der Waals surface area contributed by atoms with Gasteiger partial charge in [0.2, 0.25) is 5.96 Å². The molecule has 100 valence electrons. The average Bonchev–Trinajstić information content (AvgIpc) is 2.76. The zero-order valence-corrected chi connectivity index (χ0v) is 10.8. The van der Waals surface area contributed by atoms with Crippen molar-refractivity contribution in [2.75, 3.05) is 33.4 Å². The van der Waals surface area contributed by atoms with Crippen LogP contribution in [0.5, 0.6) is 0 Å². The van der Waals surface area contributed by atoms with Crippen molar-refractivity contribution in [2.45, 2.75) is 31.8 Å². The summed E-state index contributed by atoms with van der Waals surface area (Å²) in [6.07, 6.45) is 3.08. The summed E-state index contributed by atoms with van der Waals surface area (Å²) in [5.74, 6) is 6.01. The Balaban J connectivity index is 2.28. The minimum absolute atomic E-state index is 0.129. The number of nitrogens with zero attached hydrogens (tertiary/aromatic N) is 1. The predicted octanol–water partition coefficient (Wildman–Crippen LogP) is 0.000900. The fourth-order valence-corrected chi connectivity index (χ4v) is 1.78. The first-order chi connectivity index (χ1) is 8.20. The highest BCUT2D eigenvalue weighted by Crippen LogP contribution is 2.24. The highest BCUT2D eigenvalue weighted by atomic mass is 16.5. The zero-order valence-electron chi connectivity index (χ0n) is 10.8. The molecule has 0 aliphatic carbocycles. The smallest absolute Gasteiger partial charge is 0.205 e. The van der Waals surface area contributed by atoms with E-state index in [1.165, 1.54) is 0 Å². The molecule has 1 atom stereocenters. The molecule has 0 bridgehead atoms. The summed E-state index contributed by atoms with van der Waals surface area (Å²) in [4.78, 5) is 4.40. The van der Waals surface area contributed by atoms with Gasteiger partial charge in [0.25, 0.3) is 0 Å². The van der Waals surface area contributed by atoms with Crippen molar-refractivity contribution in [1.29, 1.82) is 0 Å². The minimum Gasteiger partial charge on any atom is -0.385 e. The number of nitrogens with two attached hydrogens (primary N) is 1. The van der Waals surface area contributed by atoms with E-state index in [4.69, 9.17) is 15.3 Å². The number of hydrogen-bond acceptors (Lipinski definition) is 4. The molecule has 1 fully saturated rings. The molecule has 0 radical (unpaired) electrons. The molecule has 1 rings (SSSR count). The molecule has 6 nitrogen and oxygen atoms in total. The quantitative estimate of drug-likeness (QED) is 0.201. The van der Waals surface area contributed by atoms with Gasteiger partial charge in [-0.05, 0) is 26.2 Å². The van der Waals surface area contributed by atoms with Crippen LogP contribution in [0.3, 0.4) is 0 Å². The first-order valence-electron chi connectivity index (χ1n) is 6.08. The van der Waals surface area contributed by atoms with Gasteiger partial charge in [-0.2, -0.15) is 0 Å². The second-order valence-corrected chi connectivity index (χ2v) is 4.48. The van der Waals surface area contributed by atoms with Crippen molar-refractivity contribution in [3.63, 3.8) is 0 Å². The maximum atomic E-state index is 5.65. The van der Waals surface area contributed by atoms with Crippen LogP contribution in [0.2, 0.25) is 0 Å². The number of hydrazine groups is 1. The van der Waals surface area contributed by atoms with Crippen molar-refractivity contribution in [3.05, 3.63) is 0 Å². The molecular weight excluding hydrogens is 220 g/mol. The Morgan fingerprint density at radius 3 is 3.00 bits per heavy atom. The Kier molecular flexibility index (Phi) is 6.25. The number of rotatable bonds is 6. The van der Waals surface area contributed by atoms with E-state index in [0.717, 1.165) is 39.0 Å². The van der Waals surface area contributed by atoms with Crippen molar-refractivity contribution < 1.29 is 9.47 Å². The lowest BCUT2D eigenvalue weighted by molar-refractivity contribution is 0.0283. The summed E-state index contributed by atoms with van der Waals surface area (Å²) in [5.41, 5.74) is 2.43. The molecule has 1 saturated heterocycles. The average molecular weight is 244 g/mol. The van der Waals surface area contributed by atoms with Crippen molar-refractivity contribution in [3.8, 4) is 0 Å². The van der Waals surface area contributed by atoms with E-state index in [1.807, 2.05) is 0 Å². The summed E-state index contributed by atoms with van der Waals surface area (Å²) < 4.78 is 10.6. The van der Waals surface area contributed by atoms with Crippen LogP contribution in [0.1, 0.15) is 26.2 Å². The van der Waals surface area contributed by atoms with Gasteiger partial charge < -0.3 is 14.8 Å². The molecule has 0 spiro atoms. The van der Waals surface area contributed by atoms with E-state index in [9.17, 15) is 0 Å². The summed E-state index contributed by atoms with van der Waals surface area (Å²) in [6, 6.07) is 0. The SMILES string of the molecule is COCCCNC(=NCC1(C)CCCO1)NN. The third-order valence-corrected chi connectivity index (χ3v) is 2.83. The molecule has 0 amide bonds. The summed E-state index contributed by atoms with van der Waals surface area (Å²) in [7, 11) is 1.69. The first kappa shape index (κ1) is 14.2. The predicted molar refractivity (Wildman–Crippen MR) is 67.7 cm³/mol. The van der Waals surface area contributed by atoms with Gasteiger partial charge in [-0.25, -0.2) is 10.8 Å². The van der Waals surface area contributed by atoms with E-state index in [2.05, 4.69) is 22.7 Å². The highest BCUT2D eigenvalue weighted by molar-refractivity contribution is 5.79. The lowest BCUT2D eigenvalue weighted by atomic mass is 10.0. The van der Waals surface area contributed by atoms with Crippen LogP contribution in [-0.2, 0) is 9.47 Å². The molecular formula is C11H24N4O2. The molecule has 1 aliphatic rings. The van der Waals surface area contributed by atoms with E-state index in [0.29, 0.717) is 12.5 Å². The van der Waals surface area contributed by atoms with Crippen LogP contribution in [0, 0.1) is 0 Å². The van der Waals surface area contributed by atoms with Gasteiger partial charge in [-0.1, -0.05) is 0 Å². The molecule has 6 heteroatoms. The maximum Gasteiger partial charge on any atom is 0.205 e. The molecule has 1 unspecified atom stereocenters. The molecule has 4 N–H and O–H groups in total. The molecule has 0 saturated carbocycles. The van der Waals surface area contributed by atoms with Gasteiger partial charge in [0.1, 0.15) is 0 Å². The third kappa shape index (κ3) is 5.34. The standard InChI is InChI=1S/C11H24N4O2/c1-11(5-3-8-17-11)9-14-10(15-12)13-6-4-7-16-2/h3-9,12H2,1-2H3,(H2,13,14,15). The van der Waals surface area contributed by atoms with Crippen molar-refractivity contribution in [1.82, 2.24) is 10.7 Å². The lowest BCUT2D eigenvalue weighted by Gasteiger charge is -2.21. The highest BCUT2D eigenvalue weighted by Gasteiger charge is 2.29. The number of guanidine groups is 1. The van der Waals surface area contributed by atoms with Crippen LogP contribution >= 0.6 is 0 Å². The number of methoxy groups -OCH3 is 1. The van der Waals surface area contributed by atoms with Crippen LogP contribution in [0.4, 0.5) is 0 Å². The fraction of sp³-hybridized carbons (Fsp3) is 0.909. The second-order valence-electron chi connectivity index (χ2n) is 4.48. The Labute approximate surface area is 103 Å². The number of aliphatic imine (C=N–C) groups is 1. The van der Waals surface area contributed by atoms with Crippen LogP contribution < -0.4 is 16.6 Å². The van der Waals surface area contributed by atoms with Crippen LogP contribution in [0.25, 0.3) is 0 Å². The molecule has 1 heterocycles. The Hall–Kier alpha value is -0.850. The van der Waals surface area contributed by atoms with E-state index >= 15 is 0 Å². The van der Waals surface area contributed by atoms with Crippen LogP contribution in [0.15, 0.2) is 4.99 Å². The van der Waals surface area contributed by atoms with Crippen LogP contribution in [-0.4, -0.2) is 45.0 Å². The van der Waals surface area contributed by atoms with Gasteiger partial charge in [0.05, 0.1) is 12.1 Å². The number of ether oxygens (including phenoxy) is 2. The lowest BCUT2D eigenvalue weighted by Crippen LogP contribution is -2.43. The molecule has 0 aromatic heterocycles. The summed E-state index contributed by atoms with van der Waals surface area (Å²) in [6.45, 7) is 5.06. The van der Waals surface area contributed by atoms with Gasteiger partial charge in [0, 0.05) is 26.9 Å². The van der Waals surface area contributed by atoms with Gasteiger partial charge >= 0.3 is 0 Å². The van der Waals surface area contributed by atoms with E-state index < -0.39 is 0 Å². The van der Waals surface area contributed by atoms with Crippen molar-refractivity contribution >= 4 is 5.96 Å². The summed E-state index contributed by atoms with van der Waals surface area (Å²) >= 11 is 0. The molecule has 17 heavy (non-hydrogen) atoms. The largest absolute Gasteiger partial charge is 0.385 e. The van der Waals surface area contributed by atoms with Gasteiger partial charge in [-0.15, -0.1) is 0 Å². The number of nitrogens with one attached hydrogen (secondary N) is 2. The molecule has 1 aliphatic heterocycles. The first-order valence-corrected chi connectivity index (χ1v) is 6.08. The zero-order chi connectivity index (χ0) is 12.6. The monoisotopic (exact) mass is 244 g/mol. The second kappa shape index (κ2) is 7.47. The Bertz CT molecular complexity index is 240. The topological polar surface area (TPSA) is 80.9 Å². The maximum absolute atomic E-state index is 5.65.